The van der Waals surface area contributed by atoms with Crippen molar-refractivity contribution in [2.75, 3.05) is 19.0 Å². The molecular formula is C19H20N4O3S. The fraction of sp³-hybridized carbons (Fsp3) is 0.158. The van der Waals surface area contributed by atoms with E-state index in [2.05, 4.69) is 20.0 Å². The van der Waals surface area contributed by atoms with E-state index in [0.717, 1.165) is 5.56 Å². The summed E-state index contributed by atoms with van der Waals surface area (Å²) in [6.07, 6.45) is 1.45. The smallest absolute Gasteiger partial charge is 0.240 e. The van der Waals surface area contributed by atoms with E-state index < -0.39 is 10.0 Å². The molecule has 0 aliphatic heterocycles. The lowest BCUT2D eigenvalue weighted by atomic mass is 10.1. The molecule has 0 saturated carbocycles. The number of hydrogen-bond donors (Lipinski definition) is 2. The van der Waals surface area contributed by atoms with Crippen LogP contribution < -0.4 is 14.8 Å². The molecule has 0 radical (unpaired) electrons. The van der Waals surface area contributed by atoms with Gasteiger partial charge in [-0.1, -0.05) is 25.1 Å². The fourth-order valence-corrected chi connectivity index (χ4v) is 3.68. The summed E-state index contributed by atoms with van der Waals surface area (Å²) in [5.41, 5.74) is 2.15. The van der Waals surface area contributed by atoms with Crippen molar-refractivity contribution in [2.24, 2.45) is 0 Å². The van der Waals surface area contributed by atoms with Crippen LogP contribution in [0.1, 0.15) is 6.92 Å². The molecule has 3 aromatic rings. The van der Waals surface area contributed by atoms with Crippen LogP contribution in [0.2, 0.25) is 0 Å². The molecular weight excluding hydrogens is 364 g/mol. The fourth-order valence-electron chi connectivity index (χ4n) is 2.59. The van der Waals surface area contributed by atoms with Gasteiger partial charge in [-0.3, -0.25) is 0 Å². The molecule has 2 aromatic carbocycles. The normalized spacial score (nSPS) is 11.2. The highest BCUT2D eigenvalue weighted by Gasteiger charge is 2.13. The summed E-state index contributed by atoms with van der Waals surface area (Å²) in [6, 6.07) is 15.9. The van der Waals surface area contributed by atoms with E-state index in [0.29, 0.717) is 29.5 Å². The van der Waals surface area contributed by atoms with Crippen LogP contribution in [-0.4, -0.2) is 32.0 Å². The molecule has 3 rings (SSSR count). The van der Waals surface area contributed by atoms with Crippen LogP contribution in [-0.2, 0) is 10.0 Å². The minimum absolute atomic E-state index is 0.188. The van der Waals surface area contributed by atoms with Gasteiger partial charge in [0.15, 0.2) is 0 Å². The number of nitrogens with one attached hydrogen (secondary N) is 2. The Hall–Kier alpha value is -2.97. The highest BCUT2D eigenvalue weighted by Crippen LogP contribution is 2.29. The number of hydrogen-bond acceptors (Lipinski definition) is 6. The lowest BCUT2D eigenvalue weighted by Crippen LogP contribution is -2.23. The predicted molar refractivity (Wildman–Crippen MR) is 105 cm³/mol. The van der Waals surface area contributed by atoms with E-state index in [-0.39, 0.29) is 4.90 Å². The molecule has 7 nitrogen and oxygen atoms in total. The Morgan fingerprint density at radius 3 is 2.63 bits per heavy atom. The van der Waals surface area contributed by atoms with Crippen LogP contribution in [0, 0.1) is 0 Å². The van der Waals surface area contributed by atoms with Gasteiger partial charge in [0.2, 0.25) is 10.0 Å². The number of methoxy groups -OCH3 is 1. The molecule has 0 aliphatic carbocycles. The van der Waals surface area contributed by atoms with Gasteiger partial charge >= 0.3 is 0 Å². The van der Waals surface area contributed by atoms with E-state index in [1.54, 1.807) is 44.4 Å². The molecule has 0 saturated heterocycles. The van der Waals surface area contributed by atoms with Gasteiger partial charge < -0.3 is 10.1 Å². The first kappa shape index (κ1) is 18.8. The first-order chi connectivity index (χ1) is 13.0. The molecule has 2 N–H and O–H groups in total. The van der Waals surface area contributed by atoms with Gasteiger partial charge in [-0.15, -0.1) is 0 Å². The minimum atomic E-state index is -3.52. The van der Waals surface area contributed by atoms with Crippen molar-refractivity contribution < 1.29 is 13.2 Å². The SMILES string of the molecule is CCNS(=O)(=O)c1cccc(Nc2cc(-c3ccccc3OC)ncn2)c1. The van der Waals surface area contributed by atoms with Crippen molar-refractivity contribution in [3.05, 3.63) is 60.9 Å². The van der Waals surface area contributed by atoms with Gasteiger partial charge in [0.25, 0.3) is 0 Å². The van der Waals surface area contributed by atoms with Crippen LogP contribution in [0.25, 0.3) is 11.3 Å². The molecule has 1 heterocycles. The maximum Gasteiger partial charge on any atom is 0.240 e. The van der Waals surface area contributed by atoms with Crippen molar-refractivity contribution in [1.29, 1.82) is 0 Å². The predicted octanol–water partition coefficient (Wildman–Crippen LogP) is 3.19. The highest BCUT2D eigenvalue weighted by molar-refractivity contribution is 7.89. The number of anilines is 2. The van der Waals surface area contributed by atoms with Crippen LogP contribution in [0.4, 0.5) is 11.5 Å². The Morgan fingerprint density at radius 1 is 1.04 bits per heavy atom. The van der Waals surface area contributed by atoms with Gasteiger partial charge in [-0.05, 0) is 30.3 Å². The van der Waals surface area contributed by atoms with E-state index in [4.69, 9.17) is 4.74 Å². The van der Waals surface area contributed by atoms with Gasteiger partial charge in [0.1, 0.15) is 17.9 Å². The number of aromatic nitrogens is 2. The summed E-state index contributed by atoms with van der Waals surface area (Å²) < 4.78 is 32.2. The maximum atomic E-state index is 12.2. The van der Waals surface area contributed by atoms with E-state index in [1.165, 1.54) is 6.33 Å². The van der Waals surface area contributed by atoms with Crippen LogP contribution in [0.5, 0.6) is 5.75 Å². The molecule has 0 bridgehead atoms. The first-order valence-corrected chi connectivity index (χ1v) is 9.84. The van der Waals surface area contributed by atoms with E-state index in [9.17, 15) is 8.42 Å². The van der Waals surface area contributed by atoms with Gasteiger partial charge in [-0.2, -0.15) is 0 Å². The standard InChI is InChI=1S/C19H20N4O3S/c1-3-22-27(24,25)15-8-6-7-14(11-15)23-19-12-17(20-13-21-19)16-9-4-5-10-18(16)26-2/h4-13,22H,3H2,1-2H3,(H,20,21,23). The van der Waals surface area contributed by atoms with Crippen molar-refractivity contribution >= 4 is 21.5 Å². The second kappa shape index (κ2) is 8.15. The van der Waals surface area contributed by atoms with E-state index in [1.807, 2.05) is 24.3 Å². The third-order valence-corrected chi connectivity index (χ3v) is 5.34. The molecule has 27 heavy (non-hydrogen) atoms. The summed E-state index contributed by atoms with van der Waals surface area (Å²) in [4.78, 5) is 8.71. The van der Waals surface area contributed by atoms with Gasteiger partial charge in [-0.25, -0.2) is 23.1 Å². The zero-order chi connectivity index (χ0) is 19.3. The maximum absolute atomic E-state index is 12.2. The lowest BCUT2D eigenvalue weighted by Gasteiger charge is -2.11. The Balaban J connectivity index is 1.89. The number of sulfonamides is 1. The molecule has 140 valence electrons. The first-order valence-electron chi connectivity index (χ1n) is 8.35. The Bertz CT molecular complexity index is 1040. The zero-order valence-electron chi connectivity index (χ0n) is 15.0. The quantitative estimate of drug-likeness (QED) is 0.650. The average molecular weight is 384 g/mol. The summed E-state index contributed by atoms with van der Waals surface area (Å²) in [5.74, 6) is 1.25. The molecule has 0 spiro atoms. The van der Waals surface area contributed by atoms with Crippen molar-refractivity contribution in [3.8, 4) is 17.0 Å². The average Bonchev–Trinajstić information content (AvgIpc) is 2.68. The highest BCUT2D eigenvalue weighted by atomic mass is 32.2. The number of benzene rings is 2. The second-order valence-electron chi connectivity index (χ2n) is 5.64. The zero-order valence-corrected chi connectivity index (χ0v) is 15.8. The molecule has 8 heteroatoms. The van der Waals surface area contributed by atoms with Crippen molar-refractivity contribution in [1.82, 2.24) is 14.7 Å². The largest absolute Gasteiger partial charge is 0.496 e. The summed E-state index contributed by atoms with van der Waals surface area (Å²) in [6.45, 7) is 2.06. The third-order valence-electron chi connectivity index (χ3n) is 3.80. The molecule has 0 fully saturated rings. The molecule has 0 aliphatic rings. The van der Waals surface area contributed by atoms with Crippen LogP contribution >= 0.6 is 0 Å². The van der Waals surface area contributed by atoms with Crippen molar-refractivity contribution in [3.63, 3.8) is 0 Å². The Morgan fingerprint density at radius 2 is 1.85 bits per heavy atom. The lowest BCUT2D eigenvalue weighted by molar-refractivity contribution is 0.416. The number of rotatable bonds is 7. The molecule has 1 aromatic heterocycles. The van der Waals surface area contributed by atoms with Gasteiger partial charge in [0, 0.05) is 23.9 Å². The topological polar surface area (TPSA) is 93.2 Å². The van der Waals surface area contributed by atoms with Gasteiger partial charge in [0.05, 0.1) is 17.7 Å². The van der Waals surface area contributed by atoms with Crippen LogP contribution in [0.15, 0.2) is 65.8 Å². The van der Waals surface area contributed by atoms with E-state index >= 15 is 0 Å². The summed E-state index contributed by atoms with van der Waals surface area (Å²) >= 11 is 0. The monoisotopic (exact) mass is 384 g/mol. The number of nitrogens with zero attached hydrogens (tertiary/aromatic N) is 2. The summed E-state index contributed by atoms with van der Waals surface area (Å²) in [7, 11) is -1.92. The number of para-hydroxylation sites is 1. The summed E-state index contributed by atoms with van der Waals surface area (Å²) in [5, 5.41) is 3.12. The molecule has 0 amide bonds. The minimum Gasteiger partial charge on any atom is -0.496 e. The Labute approximate surface area is 158 Å². The Kier molecular flexibility index (Phi) is 5.68. The van der Waals surface area contributed by atoms with Crippen LogP contribution in [0.3, 0.4) is 0 Å². The third kappa shape index (κ3) is 4.42. The molecule has 0 unspecified atom stereocenters. The van der Waals surface area contributed by atoms with Crippen molar-refractivity contribution in [2.45, 2.75) is 11.8 Å². The second-order valence-corrected chi connectivity index (χ2v) is 7.41. The number of ether oxygens (including phenoxy) is 1. The molecule has 0 atom stereocenters.